The molecule has 146 valence electrons. The molecule has 29 heavy (non-hydrogen) atoms. The summed E-state index contributed by atoms with van der Waals surface area (Å²) in [7, 11) is 0. The van der Waals surface area contributed by atoms with Gasteiger partial charge in [-0.05, 0) is 59.3 Å². The van der Waals surface area contributed by atoms with Crippen LogP contribution in [0, 0.1) is 12.7 Å². The molecule has 0 spiro atoms. The summed E-state index contributed by atoms with van der Waals surface area (Å²) in [6, 6.07) is 13.7. The molecule has 0 atom stereocenters. The molecule has 0 radical (unpaired) electrons. The molecule has 0 aliphatic rings. The maximum Gasteiger partial charge on any atom is 0.232 e. The Labute approximate surface area is 169 Å². The molecule has 4 aromatic rings. The summed E-state index contributed by atoms with van der Waals surface area (Å²) in [4.78, 5) is 12.6. The van der Waals surface area contributed by atoms with Crippen molar-refractivity contribution in [3.8, 4) is 5.69 Å². The van der Waals surface area contributed by atoms with E-state index in [-0.39, 0.29) is 17.7 Å². The third kappa shape index (κ3) is 4.63. The Morgan fingerprint density at radius 3 is 2.72 bits per heavy atom. The van der Waals surface area contributed by atoms with Gasteiger partial charge in [0.25, 0.3) is 0 Å². The van der Waals surface area contributed by atoms with Gasteiger partial charge in [-0.1, -0.05) is 23.9 Å². The summed E-state index contributed by atoms with van der Waals surface area (Å²) < 4.78 is 14.7. The van der Waals surface area contributed by atoms with Crippen molar-refractivity contribution in [3.05, 3.63) is 65.7 Å². The van der Waals surface area contributed by atoms with Gasteiger partial charge in [-0.25, -0.2) is 4.39 Å². The van der Waals surface area contributed by atoms with Gasteiger partial charge >= 0.3 is 0 Å². The van der Waals surface area contributed by atoms with Crippen LogP contribution in [0.4, 0.5) is 22.0 Å². The Morgan fingerprint density at radius 1 is 1.10 bits per heavy atom. The predicted molar refractivity (Wildman–Crippen MR) is 107 cm³/mol. The summed E-state index contributed by atoms with van der Waals surface area (Å²) in [5, 5.41) is 15.5. The number of aryl methyl sites for hydroxylation is 1. The summed E-state index contributed by atoms with van der Waals surface area (Å²) in [6.07, 6.45) is 0. The number of nitrogen functional groups attached to an aromatic ring is 1. The minimum absolute atomic E-state index is 0.0819. The zero-order chi connectivity index (χ0) is 20.2. The molecule has 4 rings (SSSR count). The van der Waals surface area contributed by atoms with Gasteiger partial charge in [-0.2, -0.15) is 19.6 Å². The minimum Gasteiger partial charge on any atom is -0.368 e. The summed E-state index contributed by atoms with van der Waals surface area (Å²) in [6.45, 7) is 2.00. The van der Waals surface area contributed by atoms with Gasteiger partial charge in [0.15, 0.2) is 0 Å². The average Bonchev–Trinajstić information content (AvgIpc) is 3.16. The lowest BCUT2D eigenvalue weighted by atomic mass is 10.2. The molecule has 0 saturated heterocycles. The topological polar surface area (TPSA) is 120 Å². The van der Waals surface area contributed by atoms with Crippen molar-refractivity contribution in [3.63, 3.8) is 0 Å². The van der Waals surface area contributed by atoms with Crippen LogP contribution in [0.15, 0.2) is 53.7 Å². The molecule has 0 bridgehead atoms. The number of thioether (sulfide) groups is 1. The number of halogens is 1. The maximum absolute atomic E-state index is 13.1. The van der Waals surface area contributed by atoms with Gasteiger partial charge in [-0.15, -0.1) is 5.10 Å². The molecule has 0 saturated carbocycles. The number of rotatable bonds is 6. The highest BCUT2D eigenvalue weighted by atomic mass is 32.2. The number of benzene rings is 2. The largest absolute Gasteiger partial charge is 0.368 e. The van der Waals surface area contributed by atoms with Gasteiger partial charge in [0.2, 0.25) is 17.1 Å². The smallest absolute Gasteiger partial charge is 0.232 e. The molecule has 11 heteroatoms. The zero-order valence-corrected chi connectivity index (χ0v) is 16.1. The molecular weight excluding hydrogens is 393 g/mol. The third-order valence-electron chi connectivity index (χ3n) is 3.82. The first kappa shape index (κ1) is 18.7. The Hall–Kier alpha value is -3.60. The van der Waals surface area contributed by atoms with E-state index in [1.165, 1.54) is 23.9 Å². The number of nitrogens with two attached hydrogens (primary N) is 1. The lowest BCUT2D eigenvalue weighted by Gasteiger charge is -2.08. The van der Waals surface area contributed by atoms with E-state index in [2.05, 4.69) is 35.8 Å². The van der Waals surface area contributed by atoms with Crippen LogP contribution in [0.1, 0.15) is 11.4 Å². The van der Waals surface area contributed by atoms with Crippen molar-refractivity contribution in [2.75, 3.05) is 11.1 Å². The zero-order valence-electron chi connectivity index (χ0n) is 15.3. The fourth-order valence-electron chi connectivity index (χ4n) is 2.54. The fraction of sp³-hybridized carbons (Fsp3) is 0.111. The van der Waals surface area contributed by atoms with Crippen molar-refractivity contribution in [1.29, 1.82) is 0 Å². The summed E-state index contributed by atoms with van der Waals surface area (Å²) in [5.41, 5.74) is 8.42. The van der Waals surface area contributed by atoms with E-state index >= 15 is 0 Å². The Balaban J connectivity index is 1.50. The number of nitrogens with zero attached hydrogens (tertiary/aromatic N) is 7. The molecule has 0 aliphatic carbocycles. The maximum atomic E-state index is 13.1. The highest BCUT2D eigenvalue weighted by Crippen LogP contribution is 2.22. The van der Waals surface area contributed by atoms with E-state index in [9.17, 15) is 4.39 Å². The van der Waals surface area contributed by atoms with Crippen LogP contribution >= 0.6 is 11.8 Å². The van der Waals surface area contributed by atoms with Crippen molar-refractivity contribution in [1.82, 2.24) is 35.2 Å². The monoisotopic (exact) mass is 409 g/mol. The van der Waals surface area contributed by atoms with Crippen LogP contribution in [0.3, 0.4) is 0 Å². The number of anilines is 3. The Bertz CT molecular complexity index is 1130. The van der Waals surface area contributed by atoms with Crippen molar-refractivity contribution in [2.45, 2.75) is 17.8 Å². The van der Waals surface area contributed by atoms with Gasteiger partial charge < -0.3 is 11.1 Å². The second-order valence-corrected chi connectivity index (χ2v) is 7.01. The standard InChI is InChI=1S/C18H16FN9S/c1-11-3-2-4-14(9-11)28-18(25-26-27-28)29-10-15-22-16(20)24-17(23-15)21-13-7-5-12(19)6-8-13/h2-9H,10H2,1H3,(H3,20,21,22,23,24). The fourth-order valence-corrected chi connectivity index (χ4v) is 3.29. The van der Waals surface area contributed by atoms with Gasteiger partial charge in [-0.3, -0.25) is 0 Å². The Kier molecular flexibility index (Phi) is 5.29. The molecule has 2 heterocycles. The van der Waals surface area contributed by atoms with E-state index in [0.29, 0.717) is 22.4 Å². The van der Waals surface area contributed by atoms with E-state index in [0.717, 1.165) is 11.3 Å². The molecular formula is C18H16FN9S. The SMILES string of the molecule is Cc1cccc(-n2nnnc2SCc2nc(N)nc(Nc3ccc(F)cc3)n2)c1. The van der Waals surface area contributed by atoms with Crippen LogP contribution in [0.5, 0.6) is 0 Å². The van der Waals surface area contributed by atoms with Crippen molar-refractivity contribution < 1.29 is 4.39 Å². The van der Waals surface area contributed by atoms with Crippen LogP contribution in [0.2, 0.25) is 0 Å². The molecule has 0 aliphatic heterocycles. The molecule has 0 fully saturated rings. The lowest BCUT2D eigenvalue weighted by Crippen LogP contribution is -2.07. The first-order chi connectivity index (χ1) is 14.1. The summed E-state index contributed by atoms with van der Waals surface area (Å²) >= 11 is 1.37. The molecule has 0 unspecified atom stereocenters. The number of aromatic nitrogens is 7. The van der Waals surface area contributed by atoms with Crippen LogP contribution in [0.25, 0.3) is 5.69 Å². The van der Waals surface area contributed by atoms with Crippen molar-refractivity contribution in [2.24, 2.45) is 0 Å². The molecule has 0 amide bonds. The highest BCUT2D eigenvalue weighted by Gasteiger charge is 2.12. The van der Waals surface area contributed by atoms with Crippen molar-refractivity contribution >= 4 is 29.3 Å². The quantitative estimate of drug-likeness (QED) is 0.463. The second-order valence-electron chi connectivity index (χ2n) is 6.07. The molecule has 3 N–H and O–H groups in total. The second kappa shape index (κ2) is 8.19. The third-order valence-corrected chi connectivity index (χ3v) is 4.73. The van der Waals surface area contributed by atoms with Gasteiger partial charge in [0.05, 0.1) is 11.4 Å². The van der Waals surface area contributed by atoms with E-state index in [4.69, 9.17) is 5.73 Å². The average molecular weight is 409 g/mol. The van der Waals surface area contributed by atoms with E-state index in [1.807, 2.05) is 31.2 Å². The normalized spacial score (nSPS) is 10.8. The first-order valence-electron chi connectivity index (χ1n) is 8.58. The van der Waals surface area contributed by atoms with Crippen LogP contribution in [-0.2, 0) is 5.75 Å². The van der Waals surface area contributed by atoms with E-state index in [1.54, 1.807) is 16.8 Å². The van der Waals surface area contributed by atoms with Gasteiger partial charge in [0.1, 0.15) is 11.6 Å². The molecule has 2 aromatic heterocycles. The number of tetrazole rings is 1. The van der Waals surface area contributed by atoms with Crippen LogP contribution in [-0.4, -0.2) is 35.2 Å². The molecule has 2 aromatic carbocycles. The predicted octanol–water partition coefficient (Wildman–Crippen LogP) is 2.91. The van der Waals surface area contributed by atoms with Gasteiger partial charge in [0, 0.05) is 5.69 Å². The molecule has 9 nitrogen and oxygen atoms in total. The highest BCUT2D eigenvalue weighted by molar-refractivity contribution is 7.98. The first-order valence-corrected chi connectivity index (χ1v) is 9.56. The number of hydrogen-bond donors (Lipinski definition) is 2. The Morgan fingerprint density at radius 2 is 1.93 bits per heavy atom. The number of hydrogen-bond acceptors (Lipinski definition) is 9. The van der Waals surface area contributed by atoms with E-state index < -0.39 is 0 Å². The number of nitrogens with one attached hydrogen (secondary N) is 1. The minimum atomic E-state index is -0.325. The summed E-state index contributed by atoms with van der Waals surface area (Å²) in [5.74, 6) is 0.883. The lowest BCUT2D eigenvalue weighted by molar-refractivity contribution is 0.628. The van der Waals surface area contributed by atoms with Crippen LogP contribution < -0.4 is 11.1 Å².